The van der Waals surface area contributed by atoms with E-state index in [9.17, 15) is 9.90 Å². The van der Waals surface area contributed by atoms with Crippen LogP contribution in [0.15, 0.2) is 24.3 Å². The number of amides is 1. The van der Waals surface area contributed by atoms with E-state index in [1.807, 2.05) is 31.2 Å². The number of aliphatic hydroxyl groups is 1. The van der Waals surface area contributed by atoms with Gasteiger partial charge in [-0.1, -0.05) is 42.8 Å². The number of aryl methyl sites for hydroxylation is 3. The SMILES string of the molecule is CCc1nn(C)c(Cl)c1C(=O)NCC1(O)CCCc2ccccc21. The van der Waals surface area contributed by atoms with Crippen LogP contribution >= 0.6 is 11.6 Å². The highest BCUT2D eigenvalue weighted by Crippen LogP contribution is 2.34. The number of nitrogens with zero attached hydrogens (tertiary/aromatic N) is 2. The fourth-order valence-electron chi connectivity index (χ4n) is 3.42. The monoisotopic (exact) mass is 347 g/mol. The Morgan fingerprint density at radius 3 is 2.96 bits per heavy atom. The summed E-state index contributed by atoms with van der Waals surface area (Å²) in [5.74, 6) is -0.290. The Hall–Kier alpha value is -1.85. The summed E-state index contributed by atoms with van der Waals surface area (Å²) in [5, 5.41) is 18.5. The van der Waals surface area contributed by atoms with Crippen LogP contribution in [0, 0.1) is 0 Å². The van der Waals surface area contributed by atoms with Crippen LogP contribution in [0.3, 0.4) is 0 Å². The van der Waals surface area contributed by atoms with Crippen molar-refractivity contribution in [2.45, 2.75) is 38.2 Å². The topological polar surface area (TPSA) is 67.2 Å². The van der Waals surface area contributed by atoms with E-state index in [1.165, 1.54) is 4.68 Å². The highest BCUT2D eigenvalue weighted by Gasteiger charge is 2.35. The van der Waals surface area contributed by atoms with Gasteiger partial charge < -0.3 is 10.4 Å². The summed E-state index contributed by atoms with van der Waals surface area (Å²) in [5.41, 5.74) is 2.08. The van der Waals surface area contributed by atoms with Gasteiger partial charge in [-0.25, -0.2) is 0 Å². The maximum Gasteiger partial charge on any atom is 0.256 e. The number of carbonyl (C=O) groups is 1. The third-order valence-corrected chi connectivity index (χ3v) is 5.14. The zero-order chi connectivity index (χ0) is 17.3. The summed E-state index contributed by atoms with van der Waals surface area (Å²) < 4.78 is 1.50. The van der Waals surface area contributed by atoms with E-state index in [4.69, 9.17) is 11.6 Å². The Morgan fingerprint density at radius 1 is 1.46 bits per heavy atom. The lowest BCUT2D eigenvalue weighted by atomic mass is 9.79. The number of benzene rings is 1. The minimum Gasteiger partial charge on any atom is -0.383 e. The van der Waals surface area contributed by atoms with Crippen molar-refractivity contribution in [1.29, 1.82) is 0 Å². The molecule has 0 bridgehead atoms. The average Bonchev–Trinajstić information content (AvgIpc) is 2.88. The zero-order valence-corrected chi connectivity index (χ0v) is 14.7. The molecule has 0 spiro atoms. The van der Waals surface area contributed by atoms with E-state index in [2.05, 4.69) is 10.4 Å². The number of carbonyl (C=O) groups excluding carboxylic acids is 1. The number of aromatic nitrogens is 2. The molecule has 2 aromatic rings. The average molecular weight is 348 g/mol. The minimum absolute atomic E-state index is 0.164. The molecule has 1 aromatic carbocycles. The number of fused-ring (bicyclic) bond motifs is 1. The van der Waals surface area contributed by atoms with Gasteiger partial charge in [-0.3, -0.25) is 9.48 Å². The van der Waals surface area contributed by atoms with E-state index < -0.39 is 5.60 Å². The summed E-state index contributed by atoms with van der Waals surface area (Å²) in [6.45, 7) is 2.09. The number of hydrogen-bond donors (Lipinski definition) is 2. The first-order valence-corrected chi connectivity index (χ1v) is 8.64. The van der Waals surface area contributed by atoms with Crippen molar-refractivity contribution in [3.05, 3.63) is 51.8 Å². The number of halogens is 1. The van der Waals surface area contributed by atoms with Crippen molar-refractivity contribution < 1.29 is 9.90 Å². The van der Waals surface area contributed by atoms with Crippen molar-refractivity contribution in [1.82, 2.24) is 15.1 Å². The van der Waals surface area contributed by atoms with E-state index in [-0.39, 0.29) is 12.5 Å². The standard InChI is InChI=1S/C18H22ClN3O2/c1-3-14-15(16(19)22(2)21-14)17(23)20-11-18(24)10-6-8-12-7-4-5-9-13(12)18/h4-5,7,9,24H,3,6,8,10-11H2,1-2H3,(H,20,23). The van der Waals surface area contributed by atoms with Crippen LogP contribution in [0.25, 0.3) is 0 Å². The summed E-state index contributed by atoms with van der Waals surface area (Å²) in [7, 11) is 1.71. The third-order valence-electron chi connectivity index (χ3n) is 4.71. The third kappa shape index (κ3) is 2.94. The van der Waals surface area contributed by atoms with E-state index in [1.54, 1.807) is 7.05 Å². The maximum absolute atomic E-state index is 12.6. The minimum atomic E-state index is -1.04. The van der Waals surface area contributed by atoms with E-state index in [0.29, 0.717) is 29.3 Å². The van der Waals surface area contributed by atoms with Crippen LogP contribution in [0.4, 0.5) is 0 Å². The van der Waals surface area contributed by atoms with Crippen LogP contribution in [-0.4, -0.2) is 27.3 Å². The summed E-state index contributed by atoms with van der Waals surface area (Å²) in [4.78, 5) is 12.6. The number of nitrogens with one attached hydrogen (secondary N) is 1. The second-order valence-electron chi connectivity index (χ2n) is 6.31. The summed E-state index contributed by atoms with van der Waals surface area (Å²) in [6.07, 6.45) is 3.11. The molecular formula is C18H22ClN3O2. The molecule has 24 heavy (non-hydrogen) atoms. The Balaban J connectivity index is 1.80. The first-order valence-electron chi connectivity index (χ1n) is 8.26. The Morgan fingerprint density at radius 2 is 2.21 bits per heavy atom. The molecule has 1 amide bonds. The predicted octanol–water partition coefficient (Wildman–Crippen LogP) is 2.59. The van der Waals surface area contributed by atoms with Gasteiger partial charge in [-0.05, 0) is 36.8 Å². The fourth-order valence-corrected chi connectivity index (χ4v) is 3.66. The van der Waals surface area contributed by atoms with Crippen LogP contribution in [0.5, 0.6) is 0 Å². The molecular weight excluding hydrogens is 326 g/mol. The van der Waals surface area contributed by atoms with Gasteiger partial charge in [0.05, 0.1) is 17.8 Å². The van der Waals surface area contributed by atoms with Gasteiger partial charge in [0.25, 0.3) is 5.91 Å². The second kappa shape index (κ2) is 6.57. The Labute approximate surface area is 146 Å². The maximum atomic E-state index is 12.6. The normalized spacial score (nSPS) is 19.8. The largest absolute Gasteiger partial charge is 0.383 e. The van der Waals surface area contributed by atoms with Crippen LogP contribution in [0.2, 0.25) is 5.15 Å². The quantitative estimate of drug-likeness (QED) is 0.893. The lowest BCUT2D eigenvalue weighted by molar-refractivity contribution is 0.0189. The van der Waals surface area contributed by atoms with Crippen molar-refractivity contribution in [2.75, 3.05) is 6.54 Å². The molecule has 1 unspecified atom stereocenters. The molecule has 1 aliphatic carbocycles. The molecule has 1 aliphatic rings. The van der Waals surface area contributed by atoms with Gasteiger partial charge in [0, 0.05) is 7.05 Å². The van der Waals surface area contributed by atoms with Gasteiger partial charge in [0.2, 0.25) is 0 Å². The van der Waals surface area contributed by atoms with Gasteiger partial charge in [-0.2, -0.15) is 5.10 Å². The van der Waals surface area contributed by atoms with Crippen molar-refractivity contribution in [2.24, 2.45) is 7.05 Å². The predicted molar refractivity (Wildman–Crippen MR) is 93.2 cm³/mol. The first-order chi connectivity index (χ1) is 11.5. The molecule has 0 aliphatic heterocycles. The zero-order valence-electron chi connectivity index (χ0n) is 14.0. The summed E-state index contributed by atoms with van der Waals surface area (Å²) in [6, 6.07) is 7.87. The Bertz CT molecular complexity index is 772. The lowest BCUT2D eigenvalue weighted by Crippen LogP contribution is -2.43. The van der Waals surface area contributed by atoms with Gasteiger partial charge in [-0.15, -0.1) is 0 Å². The second-order valence-corrected chi connectivity index (χ2v) is 6.67. The number of rotatable bonds is 4. The van der Waals surface area contributed by atoms with Gasteiger partial charge in [0.15, 0.2) is 0 Å². The van der Waals surface area contributed by atoms with Gasteiger partial charge >= 0.3 is 0 Å². The number of hydrogen-bond acceptors (Lipinski definition) is 3. The first kappa shape index (κ1) is 17.0. The van der Waals surface area contributed by atoms with Crippen LogP contribution < -0.4 is 5.32 Å². The molecule has 1 atom stereocenters. The Kier molecular flexibility index (Phi) is 4.65. The molecule has 3 rings (SSSR count). The molecule has 1 aromatic heterocycles. The highest BCUT2D eigenvalue weighted by atomic mass is 35.5. The molecule has 0 saturated carbocycles. The van der Waals surface area contributed by atoms with E-state index >= 15 is 0 Å². The highest BCUT2D eigenvalue weighted by molar-refractivity contribution is 6.33. The fraction of sp³-hybridized carbons (Fsp3) is 0.444. The lowest BCUT2D eigenvalue weighted by Gasteiger charge is -2.34. The summed E-state index contributed by atoms with van der Waals surface area (Å²) >= 11 is 6.20. The van der Waals surface area contributed by atoms with Crippen molar-refractivity contribution >= 4 is 17.5 Å². The van der Waals surface area contributed by atoms with Crippen molar-refractivity contribution in [3.8, 4) is 0 Å². The molecule has 2 N–H and O–H groups in total. The van der Waals surface area contributed by atoms with Crippen LogP contribution in [-0.2, 0) is 25.5 Å². The molecule has 1 heterocycles. The van der Waals surface area contributed by atoms with E-state index in [0.717, 1.165) is 24.0 Å². The molecule has 0 fully saturated rings. The van der Waals surface area contributed by atoms with Gasteiger partial charge in [0.1, 0.15) is 10.8 Å². The molecule has 5 nitrogen and oxygen atoms in total. The molecule has 0 saturated heterocycles. The molecule has 6 heteroatoms. The molecule has 128 valence electrons. The van der Waals surface area contributed by atoms with Crippen molar-refractivity contribution in [3.63, 3.8) is 0 Å². The molecule has 0 radical (unpaired) electrons. The van der Waals surface area contributed by atoms with Crippen LogP contribution in [0.1, 0.15) is 46.9 Å². The smallest absolute Gasteiger partial charge is 0.256 e.